The number of benzene rings is 8. The molecule has 0 aliphatic heterocycles. The molecule has 0 aliphatic rings. The minimum absolute atomic E-state index is 0.573. The van der Waals surface area contributed by atoms with Gasteiger partial charge in [-0.1, -0.05) is 243 Å². The Balaban J connectivity index is 1.47. The highest BCUT2D eigenvalue weighted by molar-refractivity contribution is 7.83. The largest absolute Gasteiger partial charge is 0.481 e. The van der Waals surface area contributed by atoms with Crippen LogP contribution < -0.4 is 73.4 Å². The third-order valence-corrected chi connectivity index (χ3v) is 21.3. The van der Waals surface area contributed by atoms with E-state index < -0.39 is 31.7 Å². The van der Waals surface area contributed by atoms with Crippen LogP contribution in [0.3, 0.4) is 0 Å². The van der Waals surface area contributed by atoms with Gasteiger partial charge < -0.3 is 9.47 Å². The van der Waals surface area contributed by atoms with Crippen molar-refractivity contribution in [3.63, 3.8) is 0 Å². The van der Waals surface area contributed by atoms with Crippen LogP contribution in [0, 0.1) is 0 Å². The lowest BCUT2D eigenvalue weighted by atomic mass is 10.1. The predicted octanol–water partition coefficient (Wildman–Crippen LogP) is 9.19. The van der Waals surface area contributed by atoms with Crippen molar-refractivity contribution < 1.29 is 9.47 Å². The number of aromatic nitrogens is 2. The molecule has 0 aliphatic carbocycles. The minimum Gasteiger partial charge on any atom is -0.481 e. The molecule has 330 valence electrons. The quantitative estimate of drug-likeness (QED) is 0.0963. The molecular formula is C60H48N2O2P4. The summed E-state index contributed by atoms with van der Waals surface area (Å²) in [5.74, 6) is 1.15. The lowest BCUT2D eigenvalue weighted by molar-refractivity contribution is 0.399. The van der Waals surface area contributed by atoms with Gasteiger partial charge in [0, 0.05) is 49.7 Å². The van der Waals surface area contributed by atoms with Crippen molar-refractivity contribution in [2.45, 2.75) is 0 Å². The highest BCUT2D eigenvalue weighted by Crippen LogP contribution is 2.47. The summed E-state index contributed by atoms with van der Waals surface area (Å²) in [5.41, 5.74) is 4.10. The Bertz CT molecular complexity index is 2610. The van der Waals surface area contributed by atoms with Crippen molar-refractivity contribution in [2.75, 3.05) is 14.2 Å². The van der Waals surface area contributed by atoms with E-state index in [0.717, 1.165) is 32.6 Å². The third kappa shape index (κ3) is 9.58. The fourth-order valence-electron chi connectivity index (χ4n) is 8.62. The van der Waals surface area contributed by atoms with E-state index in [2.05, 4.69) is 255 Å². The number of hydrogen-bond acceptors (Lipinski definition) is 4. The van der Waals surface area contributed by atoms with E-state index in [4.69, 9.17) is 19.4 Å². The zero-order valence-corrected chi connectivity index (χ0v) is 41.3. The normalized spacial score (nSPS) is 11.3. The predicted molar refractivity (Wildman–Crippen MR) is 295 cm³/mol. The SMILES string of the molecule is COc1cc(P(c2ccccc2)c2ccccc2)c(-c2c(P(c3ccccc3)c3ccccc3)cc(OC)nc2P(c2ccccc2)c2ccccc2)c(P(c2ccccc2)c2ccccc2)n1. The number of methoxy groups -OCH3 is 2. The van der Waals surface area contributed by atoms with Gasteiger partial charge in [0.2, 0.25) is 11.8 Å². The van der Waals surface area contributed by atoms with Gasteiger partial charge in [-0.3, -0.25) is 0 Å². The van der Waals surface area contributed by atoms with Crippen molar-refractivity contribution >= 4 is 95.6 Å². The number of pyridine rings is 2. The van der Waals surface area contributed by atoms with E-state index >= 15 is 0 Å². The van der Waals surface area contributed by atoms with Crippen LogP contribution >= 0.6 is 31.7 Å². The molecule has 0 saturated heterocycles. The Labute approximate surface area is 404 Å². The summed E-state index contributed by atoms with van der Waals surface area (Å²) in [7, 11) is -1.60. The molecule has 8 heteroatoms. The van der Waals surface area contributed by atoms with Gasteiger partial charge in [-0.05, 0) is 58.3 Å². The van der Waals surface area contributed by atoms with Crippen LogP contribution in [0.2, 0.25) is 0 Å². The molecule has 4 nitrogen and oxygen atoms in total. The summed E-state index contributed by atoms with van der Waals surface area (Å²) in [5, 5.41) is 12.0. The van der Waals surface area contributed by atoms with E-state index in [-0.39, 0.29) is 0 Å². The van der Waals surface area contributed by atoms with Gasteiger partial charge in [-0.25, -0.2) is 9.97 Å². The molecule has 8 aromatic carbocycles. The lowest BCUT2D eigenvalue weighted by Crippen LogP contribution is -2.37. The Kier molecular flexibility index (Phi) is 14.3. The van der Waals surface area contributed by atoms with E-state index in [1.807, 2.05) is 0 Å². The molecule has 10 aromatic rings. The second-order valence-corrected chi connectivity index (χ2v) is 24.4. The van der Waals surface area contributed by atoms with Gasteiger partial charge in [0.25, 0.3) is 0 Å². The molecule has 0 N–H and O–H groups in total. The first-order valence-electron chi connectivity index (χ1n) is 22.5. The van der Waals surface area contributed by atoms with Crippen molar-refractivity contribution in [1.29, 1.82) is 0 Å². The molecular weight excluding hydrogens is 905 g/mol. The van der Waals surface area contributed by atoms with Crippen LogP contribution in [0.25, 0.3) is 11.1 Å². The van der Waals surface area contributed by atoms with E-state index in [9.17, 15) is 0 Å². The number of ether oxygens (including phenoxy) is 2. The number of nitrogens with zero attached hydrogens (tertiary/aromatic N) is 2. The Morgan fingerprint density at radius 1 is 0.265 bits per heavy atom. The first-order chi connectivity index (χ1) is 33.7. The fraction of sp³-hybridized carbons (Fsp3) is 0.0333. The first-order valence-corrected chi connectivity index (χ1v) is 27.9. The van der Waals surface area contributed by atoms with E-state index in [1.165, 1.54) is 42.4 Å². The molecule has 2 heterocycles. The number of hydrogen-bond donors (Lipinski definition) is 0. The molecule has 0 unspecified atom stereocenters. The first kappa shape index (κ1) is 45.2. The third-order valence-electron chi connectivity index (χ3n) is 11.6. The van der Waals surface area contributed by atoms with Crippen LogP contribution in [-0.4, -0.2) is 24.2 Å². The van der Waals surface area contributed by atoms with Gasteiger partial charge in [0.1, 0.15) is 0 Å². The van der Waals surface area contributed by atoms with Crippen LogP contribution in [0.1, 0.15) is 0 Å². The summed E-state index contributed by atoms with van der Waals surface area (Å²) < 4.78 is 12.8. The zero-order valence-electron chi connectivity index (χ0n) is 37.7. The van der Waals surface area contributed by atoms with Crippen LogP contribution in [0.4, 0.5) is 0 Å². The Morgan fingerprint density at radius 2 is 0.456 bits per heavy atom. The smallest absolute Gasteiger partial charge is 0.214 e. The van der Waals surface area contributed by atoms with Crippen molar-refractivity contribution in [3.05, 3.63) is 255 Å². The van der Waals surface area contributed by atoms with Gasteiger partial charge in [0.15, 0.2) is 0 Å². The Morgan fingerprint density at radius 3 is 0.647 bits per heavy atom. The topological polar surface area (TPSA) is 44.2 Å². The summed E-state index contributed by atoms with van der Waals surface area (Å²) in [6.07, 6.45) is 0. The average Bonchev–Trinajstić information content (AvgIpc) is 3.41. The highest BCUT2D eigenvalue weighted by Gasteiger charge is 2.37. The van der Waals surface area contributed by atoms with Crippen LogP contribution in [0.5, 0.6) is 11.8 Å². The lowest BCUT2D eigenvalue weighted by Gasteiger charge is -2.32. The summed E-state index contributed by atoms with van der Waals surface area (Å²) >= 11 is 0. The minimum atomic E-state index is -1.31. The second kappa shape index (κ2) is 21.6. The maximum absolute atomic E-state index is 6.38. The Hall–Kier alpha value is -6.62. The van der Waals surface area contributed by atoms with Crippen LogP contribution in [0.15, 0.2) is 255 Å². The van der Waals surface area contributed by atoms with Crippen molar-refractivity contribution in [1.82, 2.24) is 9.97 Å². The fourth-order valence-corrected chi connectivity index (χ4v) is 18.5. The monoisotopic (exact) mass is 952 g/mol. The maximum Gasteiger partial charge on any atom is 0.214 e. The molecule has 0 fully saturated rings. The van der Waals surface area contributed by atoms with E-state index in [1.54, 1.807) is 14.2 Å². The molecule has 68 heavy (non-hydrogen) atoms. The van der Waals surface area contributed by atoms with Crippen molar-refractivity contribution in [3.8, 4) is 22.9 Å². The van der Waals surface area contributed by atoms with E-state index in [0.29, 0.717) is 11.8 Å². The molecule has 10 rings (SSSR count). The van der Waals surface area contributed by atoms with Gasteiger partial charge in [-0.2, -0.15) is 0 Å². The second-order valence-electron chi connectivity index (χ2n) is 15.8. The average molecular weight is 953 g/mol. The molecule has 0 amide bonds. The molecule has 2 aromatic heterocycles. The standard InChI is InChI=1S/C60H48N2O2P4/c1-63-55-43-53(65(45-27-11-3-12-28-45)46-29-13-4-14-30-46)57(59(61-55)67(49-35-19-7-20-36-49)50-37-21-8-22-38-50)58-54(66(47-31-15-5-16-32-47)48-33-17-6-18-34-48)44-56(64-2)62-60(58)68(51-39-23-9-24-40-51)52-41-25-10-26-42-52/h3-44H,1-2H3. The van der Waals surface area contributed by atoms with Gasteiger partial charge in [-0.15, -0.1) is 0 Å². The van der Waals surface area contributed by atoms with Gasteiger partial charge >= 0.3 is 0 Å². The zero-order chi connectivity index (χ0) is 46.1. The van der Waals surface area contributed by atoms with Crippen molar-refractivity contribution in [2.24, 2.45) is 0 Å². The summed E-state index contributed by atoms with van der Waals surface area (Å²) in [4.78, 5) is 11.5. The molecule has 0 radical (unpaired) electrons. The molecule has 0 spiro atoms. The number of rotatable bonds is 15. The van der Waals surface area contributed by atoms with Crippen LogP contribution in [-0.2, 0) is 0 Å². The highest BCUT2D eigenvalue weighted by atomic mass is 31.1. The molecule has 0 saturated carbocycles. The summed E-state index contributed by atoms with van der Waals surface area (Å²) in [6, 6.07) is 92.1. The summed E-state index contributed by atoms with van der Waals surface area (Å²) in [6.45, 7) is 0. The molecule has 0 atom stereocenters. The molecule has 0 bridgehead atoms. The van der Waals surface area contributed by atoms with Gasteiger partial charge in [0.05, 0.1) is 25.1 Å². The maximum atomic E-state index is 6.38.